The highest BCUT2D eigenvalue weighted by atomic mass is 16.3. The molecule has 0 spiro atoms. The van der Waals surface area contributed by atoms with Crippen molar-refractivity contribution in [2.24, 2.45) is 7.05 Å². The van der Waals surface area contributed by atoms with Gasteiger partial charge in [-0.05, 0) is 49.1 Å². The fourth-order valence-corrected chi connectivity index (χ4v) is 3.43. The van der Waals surface area contributed by atoms with E-state index in [0.29, 0.717) is 5.75 Å². The molecule has 0 atom stereocenters. The highest BCUT2D eigenvalue weighted by Crippen LogP contribution is 2.37. The van der Waals surface area contributed by atoms with Crippen LogP contribution in [-0.4, -0.2) is 14.9 Å². The summed E-state index contributed by atoms with van der Waals surface area (Å²) in [6.45, 7) is 0. The van der Waals surface area contributed by atoms with Crippen molar-refractivity contribution in [1.29, 1.82) is 0 Å². The third-order valence-electron chi connectivity index (χ3n) is 4.43. The van der Waals surface area contributed by atoms with Gasteiger partial charge in [-0.2, -0.15) is 5.10 Å². The average Bonchev–Trinajstić information content (AvgIpc) is 2.75. The van der Waals surface area contributed by atoms with E-state index in [0.717, 1.165) is 36.2 Å². The smallest absolute Gasteiger partial charge is 0.115 e. The van der Waals surface area contributed by atoms with Crippen LogP contribution >= 0.6 is 0 Å². The molecular formula is C19H18N2O. The number of rotatable bonds is 1. The van der Waals surface area contributed by atoms with E-state index in [4.69, 9.17) is 5.10 Å². The Labute approximate surface area is 129 Å². The highest BCUT2D eigenvalue weighted by molar-refractivity contribution is 5.77. The SMILES string of the molecule is Cn1nc2c(c1-c1ccc(O)cc1)CCCc1ccccc1-2. The Hall–Kier alpha value is -2.55. The molecule has 0 aliphatic heterocycles. The Kier molecular flexibility index (Phi) is 3.00. The molecule has 0 unspecified atom stereocenters. The molecule has 110 valence electrons. The van der Waals surface area contributed by atoms with E-state index in [1.54, 1.807) is 12.1 Å². The van der Waals surface area contributed by atoms with E-state index >= 15 is 0 Å². The fraction of sp³-hybridized carbons (Fsp3) is 0.211. The summed E-state index contributed by atoms with van der Waals surface area (Å²) in [6, 6.07) is 16.0. The molecule has 1 aliphatic rings. The summed E-state index contributed by atoms with van der Waals surface area (Å²) in [5.41, 5.74) is 7.34. The normalized spacial score (nSPS) is 13.3. The fourth-order valence-electron chi connectivity index (χ4n) is 3.43. The van der Waals surface area contributed by atoms with E-state index < -0.39 is 0 Å². The molecule has 2 aromatic carbocycles. The number of hydrogen-bond donors (Lipinski definition) is 1. The van der Waals surface area contributed by atoms with Gasteiger partial charge in [-0.25, -0.2) is 0 Å². The lowest BCUT2D eigenvalue weighted by atomic mass is 10.00. The van der Waals surface area contributed by atoms with E-state index in [1.807, 2.05) is 23.9 Å². The van der Waals surface area contributed by atoms with Crippen molar-refractivity contribution >= 4 is 0 Å². The van der Waals surface area contributed by atoms with Gasteiger partial charge in [0.1, 0.15) is 5.75 Å². The number of hydrogen-bond acceptors (Lipinski definition) is 2. The minimum Gasteiger partial charge on any atom is -0.508 e. The molecular weight excluding hydrogens is 272 g/mol. The summed E-state index contributed by atoms with van der Waals surface area (Å²) < 4.78 is 1.97. The van der Waals surface area contributed by atoms with Crippen LogP contribution in [0.25, 0.3) is 22.5 Å². The first-order valence-corrected chi connectivity index (χ1v) is 7.67. The van der Waals surface area contributed by atoms with Crippen molar-refractivity contribution in [1.82, 2.24) is 9.78 Å². The molecule has 0 saturated carbocycles. The third kappa shape index (κ3) is 2.01. The third-order valence-corrected chi connectivity index (χ3v) is 4.43. The monoisotopic (exact) mass is 290 g/mol. The first-order valence-electron chi connectivity index (χ1n) is 7.67. The van der Waals surface area contributed by atoms with Crippen molar-refractivity contribution in [3.8, 4) is 28.3 Å². The van der Waals surface area contributed by atoms with Gasteiger partial charge in [0, 0.05) is 23.7 Å². The molecule has 3 heteroatoms. The maximum absolute atomic E-state index is 9.51. The van der Waals surface area contributed by atoms with Gasteiger partial charge in [0.2, 0.25) is 0 Å². The zero-order valence-corrected chi connectivity index (χ0v) is 12.6. The van der Waals surface area contributed by atoms with E-state index in [1.165, 1.54) is 16.7 Å². The van der Waals surface area contributed by atoms with Crippen LogP contribution in [0.4, 0.5) is 0 Å². The number of phenolic OH excluding ortho intramolecular Hbond substituents is 1. The van der Waals surface area contributed by atoms with Crippen LogP contribution in [0.1, 0.15) is 17.5 Å². The Balaban J connectivity index is 1.94. The predicted octanol–water partition coefficient (Wildman–Crippen LogP) is 3.95. The molecule has 3 nitrogen and oxygen atoms in total. The van der Waals surface area contributed by atoms with Crippen LogP contribution in [0.5, 0.6) is 5.75 Å². The van der Waals surface area contributed by atoms with E-state index in [-0.39, 0.29) is 0 Å². The highest BCUT2D eigenvalue weighted by Gasteiger charge is 2.22. The molecule has 3 aromatic rings. The van der Waals surface area contributed by atoms with Crippen LogP contribution in [0.15, 0.2) is 48.5 Å². The Morgan fingerprint density at radius 2 is 1.77 bits per heavy atom. The Morgan fingerprint density at radius 3 is 2.59 bits per heavy atom. The summed E-state index contributed by atoms with van der Waals surface area (Å²) in [5, 5.41) is 14.3. The summed E-state index contributed by atoms with van der Waals surface area (Å²) in [5.74, 6) is 0.294. The zero-order chi connectivity index (χ0) is 15.1. The topological polar surface area (TPSA) is 38.0 Å². The lowest BCUT2D eigenvalue weighted by Crippen LogP contribution is -1.96. The minimum atomic E-state index is 0.294. The molecule has 4 rings (SSSR count). The first-order chi connectivity index (χ1) is 10.7. The number of phenols is 1. The number of fused-ring (bicyclic) bond motifs is 3. The molecule has 22 heavy (non-hydrogen) atoms. The van der Waals surface area contributed by atoms with Gasteiger partial charge in [0.05, 0.1) is 11.4 Å². The quantitative estimate of drug-likeness (QED) is 0.737. The van der Waals surface area contributed by atoms with E-state index in [9.17, 15) is 5.11 Å². The first kappa shape index (κ1) is 13.1. The zero-order valence-electron chi connectivity index (χ0n) is 12.6. The Morgan fingerprint density at radius 1 is 1.00 bits per heavy atom. The number of aromatic hydroxyl groups is 1. The largest absolute Gasteiger partial charge is 0.508 e. The minimum absolute atomic E-state index is 0.294. The molecule has 1 heterocycles. The van der Waals surface area contributed by atoms with Crippen LogP contribution in [-0.2, 0) is 19.9 Å². The van der Waals surface area contributed by atoms with Crippen LogP contribution in [0.3, 0.4) is 0 Å². The van der Waals surface area contributed by atoms with E-state index in [2.05, 4.69) is 24.3 Å². The second-order valence-electron chi connectivity index (χ2n) is 5.86. The standard InChI is InChI=1S/C19H18N2O/c1-21-19(14-9-11-15(22)12-10-14)17-8-4-6-13-5-2-3-7-16(13)18(17)20-21/h2-3,5,7,9-12,22H,4,6,8H2,1H3. The van der Waals surface area contributed by atoms with Crippen molar-refractivity contribution in [2.45, 2.75) is 19.3 Å². The van der Waals surface area contributed by atoms with Gasteiger partial charge >= 0.3 is 0 Å². The lowest BCUT2D eigenvalue weighted by molar-refractivity contribution is 0.475. The number of nitrogens with zero attached hydrogens (tertiary/aromatic N) is 2. The molecule has 1 aliphatic carbocycles. The second kappa shape index (κ2) is 5.02. The van der Waals surface area contributed by atoms with Gasteiger partial charge in [0.25, 0.3) is 0 Å². The lowest BCUT2D eigenvalue weighted by Gasteiger charge is -2.06. The molecule has 0 amide bonds. The van der Waals surface area contributed by atoms with Gasteiger partial charge in [0.15, 0.2) is 0 Å². The number of benzene rings is 2. The summed E-state index contributed by atoms with van der Waals surface area (Å²) >= 11 is 0. The van der Waals surface area contributed by atoms with Crippen molar-refractivity contribution in [3.63, 3.8) is 0 Å². The molecule has 1 N–H and O–H groups in total. The Bertz CT molecular complexity index is 831. The summed E-state index contributed by atoms with van der Waals surface area (Å²) in [6.07, 6.45) is 3.28. The van der Waals surface area contributed by atoms with Gasteiger partial charge in [-0.3, -0.25) is 4.68 Å². The van der Waals surface area contributed by atoms with Crippen LogP contribution in [0.2, 0.25) is 0 Å². The molecule has 0 radical (unpaired) electrons. The second-order valence-corrected chi connectivity index (χ2v) is 5.86. The molecule has 1 aromatic heterocycles. The molecule has 0 fully saturated rings. The molecule has 0 saturated heterocycles. The van der Waals surface area contributed by atoms with Crippen LogP contribution in [0, 0.1) is 0 Å². The van der Waals surface area contributed by atoms with Gasteiger partial charge in [-0.15, -0.1) is 0 Å². The van der Waals surface area contributed by atoms with Gasteiger partial charge < -0.3 is 5.11 Å². The van der Waals surface area contributed by atoms with Crippen molar-refractivity contribution in [3.05, 3.63) is 59.7 Å². The average molecular weight is 290 g/mol. The maximum atomic E-state index is 9.51. The summed E-state index contributed by atoms with van der Waals surface area (Å²) in [4.78, 5) is 0. The predicted molar refractivity (Wildman–Crippen MR) is 87.8 cm³/mol. The van der Waals surface area contributed by atoms with Crippen molar-refractivity contribution in [2.75, 3.05) is 0 Å². The maximum Gasteiger partial charge on any atom is 0.115 e. The number of aromatic nitrogens is 2. The van der Waals surface area contributed by atoms with Crippen LogP contribution < -0.4 is 0 Å². The van der Waals surface area contributed by atoms with Gasteiger partial charge in [-0.1, -0.05) is 24.3 Å². The van der Waals surface area contributed by atoms with Crippen molar-refractivity contribution < 1.29 is 5.11 Å². The molecule has 0 bridgehead atoms. The number of aryl methyl sites for hydroxylation is 2. The summed E-state index contributed by atoms with van der Waals surface area (Å²) in [7, 11) is 2.00.